The van der Waals surface area contributed by atoms with Crippen LogP contribution in [0.25, 0.3) is 6.08 Å². The number of thiazole rings is 1. The van der Waals surface area contributed by atoms with Crippen molar-refractivity contribution in [1.29, 1.82) is 0 Å². The molecule has 1 atom stereocenters. The number of halogens is 1. The minimum Gasteiger partial charge on any atom is -0.497 e. The van der Waals surface area contributed by atoms with Gasteiger partial charge in [0.1, 0.15) is 5.75 Å². The van der Waals surface area contributed by atoms with E-state index in [4.69, 9.17) is 9.47 Å². The van der Waals surface area contributed by atoms with Crippen LogP contribution in [0.1, 0.15) is 31.0 Å². The van der Waals surface area contributed by atoms with E-state index in [0.717, 1.165) is 14.7 Å². The van der Waals surface area contributed by atoms with Crippen LogP contribution < -0.4 is 19.6 Å². The Morgan fingerprint density at radius 2 is 1.88 bits per heavy atom. The number of allylic oxidation sites excluding steroid dienone is 1. The van der Waals surface area contributed by atoms with E-state index in [-0.39, 0.29) is 12.2 Å². The molecule has 1 aliphatic rings. The normalized spacial score (nSPS) is 15.9. The van der Waals surface area contributed by atoms with Crippen molar-refractivity contribution in [3.63, 3.8) is 0 Å². The van der Waals surface area contributed by atoms with Gasteiger partial charge in [0.05, 0.1) is 35.6 Å². The van der Waals surface area contributed by atoms with Gasteiger partial charge in [-0.2, -0.15) is 0 Å². The van der Waals surface area contributed by atoms with Crippen molar-refractivity contribution in [2.75, 3.05) is 13.7 Å². The molecule has 0 unspecified atom stereocenters. The lowest BCUT2D eigenvalue weighted by atomic mass is 9.96. The molecule has 0 fully saturated rings. The average molecular weight is 560 g/mol. The van der Waals surface area contributed by atoms with E-state index in [0.29, 0.717) is 26.4 Å². The van der Waals surface area contributed by atoms with Crippen LogP contribution in [0.5, 0.6) is 5.75 Å². The number of fused-ring (bicyclic) bond motifs is 1. The number of esters is 1. The lowest BCUT2D eigenvalue weighted by Gasteiger charge is -2.24. The first-order valence-corrected chi connectivity index (χ1v) is 11.9. The summed E-state index contributed by atoms with van der Waals surface area (Å²) in [4.78, 5) is 31.5. The second-order valence-electron chi connectivity index (χ2n) is 7.13. The lowest BCUT2D eigenvalue weighted by Crippen LogP contribution is -2.39. The highest BCUT2D eigenvalue weighted by Crippen LogP contribution is 2.31. The highest BCUT2D eigenvalue weighted by molar-refractivity contribution is 14.1. The van der Waals surface area contributed by atoms with Gasteiger partial charge in [-0.25, -0.2) is 9.79 Å². The molecule has 0 amide bonds. The molecule has 4 rings (SSSR count). The van der Waals surface area contributed by atoms with Gasteiger partial charge >= 0.3 is 5.97 Å². The summed E-state index contributed by atoms with van der Waals surface area (Å²) in [6.07, 6.45) is 1.86. The third-order valence-electron chi connectivity index (χ3n) is 5.12. The molecule has 8 heteroatoms. The molecule has 0 bridgehead atoms. The second kappa shape index (κ2) is 9.41. The molecule has 2 heterocycles. The molecule has 2 aromatic carbocycles. The average Bonchev–Trinajstić information content (AvgIpc) is 3.09. The predicted octanol–water partition coefficient (Wildman–Crippen LogP) is 3.41. The fourth-order valence-corrected chi connectivity index (χ4v) is 5.01. The monoisotopic (exact) mass is 560 g/mol. The van der Waals surface area contributed by atoms with Gasteiger partial charge in [0, 0.05) is 3.57 Å². The van der Waals surface area contributed by atoms with E-state index in [1.54, 1.807) is 25.5 Å². The molecule has 0 saturated carbocycles. The quantitative estimate of drug-likeness (QED) is 0.355. The number of ether oxygens (including phenoxy) is 2. The molecule has 3 aromatic rings. The zero-order valence-corrected chi connectivity index (χ0v) is 20.8. The van der Waals surface area contributed by atoms with Crippen LogP contribution in [-0.4, -0.2) is 24.3 Å². The van der Waals surface area contributed by atoms with E-state index in [1.165, 1.54) is 11.3 Å². The maximum atomic E-state index is 13.5. The zero-order chi connectivity index (χ0) is 22.8. The first-order chi connectivity index (χ1) is 15.4. The number of nitrogens with zero attached hydrogens (tertiary/aromatic N) is 2. The van der Waals surface area contributed by atoms with Crippen LogP contribution in [0.2, 0.25) is 0 Å². The number of aromatic nitrogens is 1. The van der Waals surface area contributed by atoms with Gasteiger partial charge in [-0.1, -0.05) is 35.6 Å². The standard InChI is InChI=1S/C24H21IN2O4S/c1-4-31-23(29)20-14(2)26-24-27(21(20)16-7-11-18(30-3)12-8-16)22(28)19(32-24)13-15-5-9-17(25)10-6-15/h5-13,21H,4H2,1-3H3/t21-/m1/s1. The van der Waals surface area contributed by atoms with Crippen molar-refractivity contribution >= 4 is 46.0 Å². The van der Waals surface area contributed by atoms with E-state index in [1.807, 2.05) is 54.6 Å². The number of hydrogen-bond acceptors (Lipinski definition) is 6. The van der Waals surface area contributed by atoms with Gasteiger partial charge in [0.2, 0.25) is 0 Å². The smallest absolute Gasteiger partial charge is 0.338 e. The zero-order valence-electron chi connectivity index (χ0n) is 17.8. The topological polar surface area (TPSA) is 69.9 Å². The van der Waals surface area contributed by atoms with Gasteiger partial charge in [-0.05, 0) is 77.9 Å². The Bertz CT molecular complexity index is 1370. The molecule has 32 heavy (non-hydrogen) atoms. The summed E-state index contributed by atoms with van der Waals surface area (Å²) in [6, 6.07) is 14.6. The van der Waals surface area contributed by atoms with Crippen molar-refractivity contribution in [3.05, 3.63) is 94.2 Å². The first-order valence-electron chi connectivity index (χ1n) is 10.0. The minimum atomic E-state index is -0.630. The number of carbonyl (C=O) groups excluding carboxylic acids is 1. The fourth-order valence-electron chi connectivity index (χ4n) is 3.60. The Balaban J connectivity index is 1.93. The van der Waals surface area contributed by atoms with Crippen LogP contribution in [0.15, 0.2) is 69.6 Å². The summed E-state index contributed by atoms with van der Waals surface area (Å²) in [5.41, 5.74) is 2.43. The van der Waals surface area contributed by atoms with Crippen molar-refractivity contribution < 1.29 is 14.3 Å². The molecule has 164 valence electrons. The fraction of sp³-hybridized carbons (Fsp3) is 0.208. The van der Waals surface area contributed by atoms with Crippen molar-refractivity contribution in [2.24, 2.45) is 4.99 Å². The molecule has 0 saturated heterocycles. The van der Waals surface area contributed by atoms with Crippen molar-refractivity contribution in [1.82, 2.24) is 4.57 Å². The molecule has 0 aliphatic carbocycles. The molecule has 6 nitrogen and oxygen atoms in total. The summed E-state index contributed by atoms with van der Waals surface area (Å²) in [7, 11) is 1.59. The number of carbonyl (C=O) groups is 1. The van der Waals surface area contributed by atoms with Gasteiger partial charge < -0.3 is 9.47 Å². The van der Waals surface area contributed by atoms with Gasteiger partial charge in [-0.15, -0.1) is 0 Å². The molecule has 1 aliphatic heterocycles. The Labute approximate surface area is 202 Å². The summed E-state index contributed by atoms with van der Waals surface area (Å²) < 4.78 is 13.8. The summed E-state index contributed by atoms with van der Waals surface area (Å²) in [6.45, 7) is 3.77. The van der Waals surface area contributed by atoms with Crippen LogP contribution >= 0.6 is 33.9 Å². The minimum absolute atomic E-state index is 0.192. The molecule has 0 radical (unpaired) electrons. The van der Waals surface area contributed by atoms with E-state index < -0.39 is 12.0 Å². The van der Waals surface area contributed by atoms with Crippen LogP contribution in [0.3, 0.4) is 0 Å². The maximum Gasteiger partial charge on any atom is 0.338 e. The summed E-state index contributed by atoms with van der Waals surface area (Å²) in [5, 5.41) is 0. The summed E-state index contributed by atoms with van der Waals surface area (Å²) in [5.74, 6) is 0.222. The predicted molar refractivity (Wildman–Crippen MR) is 133 cm³/mol. The van der Waals surface area contributed by atoms with Crippen molar-refractivity contribution in [3.8, 4) is 5.75 Å². The second-order valence-corrected chi connectivity index (χ2v) is 9.38. The van der Waals surface area contributed by atoms with E-state index in [2.05, 4.69) is 27.6 Å². The number of rotatable bonds is 5. The van der Waals surface area contributed by atoms with E-state index >= 15 is 0 Å². The lowest BCUT2D eigenvalue weighted by molar-refractivity contribution is -0.139. The molecule has 1 aromatic heterocycles. The number of methoxy groups -OCH3 is 1. The van der Waals surface area contributed by atoms with E-state index in [9.17, 15) is 9.59 Å². The van der Waals surface area contributed by atoms with Gasteiger partial charge in [0.15, 0.2) is 4.80 Å². The largest absolute Gasteiger partial charge is 0.497 e. The highest BCUT2D eigenvalue weighted by atomic mass is 127. The molecular weight excluding hydrogens is 539 g/mol. The van der Waals surface area contributed by atoms with Gasteiger partial charge in [0.25, 0.3) is 5.56 Å². The van der Waals surface area contributed by atoms with Crippen molar-refractivity contribution in [2.45, 2.75) is 19.9 Å². The molecular formula is C24H21IN2O4S. The Hall–Kier alpha value is -2.72. The van der Waals surface area contributed by atoms with Crippen LogP contribution in [-0.2, 0) is 9.53 Å². The maximum absolute atomic E-state index is 13.5. The number of benzene rings is 2. The third-order valence-corrected chi connectivity index (χ3v) is 6.82. The first kappa shape index (κ1) is 22.5. The highest BCUT2D eigenvalue weighted by Gasteiger charge is 2.33. The Kier molecular flexibility index (Phi) is 6.61. The van der Waals surface area contributed by atoms with Crippen LogP contribution in [0.4, 0.5) is 0 Å². The molecule has 0 spiro atoms. The Morgan fingerprint density at radius 1 is 1.19 bits per heavy atom. The van der Waals surface area contributed by atoms with Gasteiger partial charge in [-0.3, -0.25) is 9.36 Å². The SMILES string of the molecule is CCOC(=O)C1=C(C)N=c2sc(=Cc3ccc(I)cc3)c(=O)n2[C@@H]1c1ccc(OC)cc1. The molecule has 0 N–H and O–H groups in total. The number of hydrogen-bond donors (Lipinski definition) is 0. The Morgan fingerprint density at radius 3 is 2.50 bits per heavy atom. The third kappa shape index (κ3) is 4.29. The van der Waals surface area contributed by atoms with Crippen LogP contribution in [0, 0.1) is 3.57 Å². The summed E-state index contributed by atoms with van der Waals surface area (Å²) >= 11 is 3.56.